The Kier molecular flexibility index (Phi) is 7.86. The van der Waals surface area contributed by atoms with Gasteiger partial charge in [-0.05, 0) is 19.3 Å². The molecule has 1 aliphatic heterocycles. The molecule has 1 saturated heterocycles. The number of urea groups is 1. The highest BCUT2D eigenvalue weighted by Gasteiger charge is 2.28. The lowest BCUT2D eigenvalue weighted by molar-refractivity contribution is -0.127. The van der Waals surface area contributed by atoms with Gasteiger partial charge in [0.1, 0.15) is 0 Å². The molecule has 1 atom stereocenters. The standard InChI is InChI=1S/C14H26N6O2.HI/c1-15-13(16-8-12(21)19(2)3)20-7-6-11(9-20)18-14(22)17-10-4-5-10;/h10-11H,4-9H2,1-3H3,(H,15,16)(H2,17,18,22);1H. The van der Waals surface area contributed by atoms with E-state index in [4.69, 9.17) is 0 Å². The fourth-order valence-electron chi connectivity index (χ4n) is 2.36. The number of carbonyl (C=O) groups excluding carboxylic acids is 2. The average molecular weight is 438 g/mol. The Morgan fingerprint density at radius 2 is 1.83 bits per heavy atom. The lowest BCUT2D eigenvalue weighted by Gasteiger charge is -2.22. The second kappa shape index (κ2) is 9.14. The molecule has 0 bridgehead atoms. The third-order valence-electron chi connectivity index (χ3n) is 3.84. The highest BCUT2D eigenvalue weighted by molar-refractivity contribution is 14.0. The van der Waals surface area contributed by atoms with Crippen molar-refractivity contribution in [1.29, 1.82) is 0 Å². The van der Waals surface area contributed by atoms with Gasteiger partial charge in [-0.15, -0.1) is 24.0 Å². The summed E-state index contributed by atoms with van der Waals surface area (Å²) in [7, 11) is 5.14. The van der Waals surface area contributed by atoms with Gasteiger partial charge >= 0.3 is 6.03 Å². The summed E-state index contributed by atoms with van der Waals surface area (Å²) in [5, 5.41) is 8.98. The normalized spacial score (nSPS) is 20.6. The summed E-state index contributed by atoms with van der Waals surface area (Å²) >= 11 is 0. The van der Waals surface area contributed by atoms with Gasteiger partial charge in [0.15, 0.2) is 5.96 Å². The third kappa shape index (κ3) is 6.40. The van der Waals surface area contributed by atoms with E-state index in [1.807, 2.05) is 0 Å². The molecule has 2 fully saturated rings. The van der Waals surface area contributed by atoms with Crippen LogP contribution in [-0.2, 0) is 4.79 Å². The molecule has 0 radical (unpaired) electrons. The molecule has 8 nitrogen and oxygen atoms in total. The highest BCUT2D eigenvalue weighted by atomic mass is 127. The van der Waals surface area contributed by atoms with Crippen molar-refractivity contribution < 1.29 is 9.59 Å². The Balaban J connectivity index is 0.00000264. The number of hydrogen-bond acceptors (Lipinski definition) is 3. The summed E-state index contributed by atoms with van der Waals surface area (Å²) in [6.07, 6.45) is 3.04. The Labute approximate surface area is 154 Å². The molecule has 1 saturated carbocycles. The van der Waals surface area contributed by atoms with Gasteiger partial charge in [-0.1, -0.05) is 0 Å². The van der Waals surface area contributed by atoms with Crippen LogP contribution >= 0.6 is 24.0 Å². The molecule has 2 rings (SSSR count). The fourth-order valence-corrected chi connectivity index (χ4v) is 2.36. The van der Waals surface area contributed by atoms with E-state index < -0.39 is 0 Å². The van der Waals surface area contributed by atoms with Crippen LogP contribution in [-0.4, -0.2) is 80.6 Å². The monoisotopic (exact) mass is 438 g/mol. The molecule has 0 aromatic rings. The van der Waals surface area contributed by atoms with Gasteiger partial charge in [-0.2, -0.15) is 0 Å². The van der Waals surface area contributed by atoms with Crippen molar-refractivity contribution in [2.24, 2.45) is 4.99 Å². The van der Waals surface area contributed by atoms with Gasteiger partial charge < -0.3 is 25.8 Å². The van der Waals surface area contributed by atoms with Gasteiger partial charge in [-0.25, -0.2) is 4.79 Å². The van der Waals surface area contributed by atoms with Crippen LogP contribution < -0.4 is 16.0 Å². The van der Waals surface area contributed by atoms with Crippen LogP contribution in [0.25, 0.3) is 0 Å². The maximum absolute atomic E-state index is 11.7. The number of guanidine groups is 1. The number of carbonyl (C=O) groups is 2. The van der Waals surface area contributed by atoms with Crippen LogP contribution in [0.2, 0.25) is 0 Å². The number of likely N-dealkylation sites (N-methyl/N-ethyl adjacent to an activating group) is 1. The van der Waals surface area contributed by atoms with Gasteiger partial charge in [0.25, 0.3) is 0 Å². The molecule has 0 spiro atoms. The molecule has 3 N–H and O–H groups in total. The zero-order chi connectivity index (χ0) is 16.1. The maximum atomic E-state index is 11.7. The Bertz CT molecular complexity index is 453. The van der Waals surface area contributed by atoms with Crippen molar-refractivity contribution >= 4 is 41.9 Å². The summed E-state index contributed by atoms with van der Waals surface area (Å²) in [5.74, 6) is 0.695. The first-order valence-electron chi connectivity index (χ1n) is 7.72. The summed E-state index contributed by atoms with van der Waals surface area (Å²) in [6.45, 7) is 1.73. The average Bonchev–Trinajstić information content (AvgIpc) is 3.16. The SMILES string of the molecule is CN=C(NCC(=O)N(C)C)N1CCC(NC(=O)NC2CC2)C1.I. The number of rotatable bonds is 4. The minimum Gasteiger partial charge on any atom is -0.347 e. The number of nitrogens with zero attached hydrogens (tertiary/aromatic N) is 3. The van der Waals surface area contributed by atoms with E-state index in [0.717, 1.165) is 25.8 Å². The second-order valence-corrected chi connectivity index (χ2v) is 6.01. The van der Waals surface area contributed by atoms with Crippen molar-refractivity contribution in [3.8, 4) is 0 Å². The summed E-state index contributed by atoms with van der Waals surface area (Å²) in [4.78, 5) is 31.2. The number of aliphatic imine (C=N–C) groups is 1. The molecule has 1 aliphatic carbocycles. The van der Waals surface area contributed by atoms with Crippen molar-refractivity contribution in [3.63, 3.8) is 0 Å². The van der Waals surface area contributed by atoms with Gasteiger partial charge in [0.2, 0.25) is 5.91 Å². The minimum atomic E-state index is -0.0833. The molecule has 3 amide bonds. The van der Waals surface area contributed by atoms with Crippen LogP contribution in [0, 0.1) is 0 Å². The predicted molar refractivity (Wildman–Crippen MR) is 100 cm³/mol. The molecule has 9 heteroatoms. The molecular formula is C14H27IN6O2. The summed E-state index contributed by atoms with van der Waals surface area (Å²) < 4.78 is 0. The minimum absolute atomic E-state index is 0. The predicted octanol–water partition coefficient (Wildman–Crippen LogP) is -0.196. The topological polar surface area (TPSA) is 89.1 Å². The lowest BCUT2D eigenvalue weighted by Crippen LogP contribution is -2.47. The van der Waals surface area contributed by atoms with Crippen molar-refractivity contribution in [1.82, 2.24) is 25.8 Å². The Hall–Kier alpha value is -1.26. The van der Waals surface area contributed by atoms with E-state index >= 15 is 0 Å². The van der Waals surface area contributed by atoms with Crippen LogP contribution in [0.4, 0.5) is 4.79 Å². The quantitative estimate of drug-likeness (QED) is 0.323. The lowest BCUT2D eigenvalue weighted by atomic mass is 10.3. The van der Waals surface area contributed by atoms with E-state index in [-0.39, 0.29) is 48.5 Å². The second-order valence-electron chi connectivity index (χ2n) is 6.01. The van der Waals surface area contributed by atoms with Crippen molar-refractivity contribution in [3.05, 3.63) is 0 Å². The maximum Gasteiger partial charge on any atom is 0.315 e. The number of halogens is 1. The number of nitrogens with one attached hydrogen (secondary N) is 3. The third-order valence-corrected chi connectivity index (χ3v) is 3.84. The van der Waals surface area contributed by atoms with E-state index in [1.165, 1.54) is 4.90 Å². The van der Waals surface area contributed by atoms with Crippen molar-refractivity contribution in [2.45, 2.75) is 31.3 Å². The number of amides is 3. The summed E-state index contributed by atoms with van der Waals surface area (Å²) in [6, 6.07) is 0.394. The molecule has 2 aliphatic rings. The first-order valence-corrected chi connectivity index (χ1v) is 7.72. The van der Waals surface area contributed by atoms with Crippen LogP contribution in [0.1, 0.15) is 19.3 Å². The first-order chi connectivity index (χ1) is 10.5. The van der Waals surface area contributed by atoms with Crippen LogP contribution in [0.5, 0.6) is 0 Å². The Morgan fingerprint density at radius 3 is 2.39 bits per heavy atom. The van der Waals surface area contributed by atoms with E-state index in [0.29, 0.717) is 18.5 Å². The largest absolute Gasteiger partial charge is 0.347 e. The van der Waals surface area contributed by atoms with E-state index in [2.05, 4.69) is 25.8 Å². The van der Waals surface area contributed by atoms with Crippen LogP contribution in [0.3, 0.4) is 0 Å². The molecule has 0 aromatic carbocycles. The molecule has 23 heavy (non-hydrogen) atoms. The van der Waals surface area contributed by atoms with Gasteiger partial charge in [-0.3, -0.25) is 9.79 Å². The smallest absolute Gasteiger partial charge is 0.315 e. The zero-order valence-corrected chi connectivity index (χ0v) is 16.3. The Morgan fingerprint density at radius 1 is 1.17 bits per heavy atom. The van der Waals surface area contributed by atoms with Crippen molar-refractivity contribution in [2.75, 3.05) is 40.8 Å². The van der Waals surface area contributed by atoms with Gasteiger partial charge in [0, 0.05) is 46.3 Å². The zero-order valence-electron chi connectivity index (χ0n) is 14.0. The van der Waals surface area contributed by atoms with E-state index in [9.17, 15) is 9.59 Å². The number of hydrogen-bond donors (Lipinski definition) is 3. The first kappa shape index (κ1) is 19.8. The van der Waals surface area contributed by atoms with Gasteiger partial charge in [0.05, 0.1) is 6.54 Å². The van der Waals surface area contributed by atoms with E-state index in [1.54, 1.807) is 21.1 Å². The summed E-state index contributed by atoms with van der Waals surface area (Å²) in [5.41, 5.74) is 0. The number of likely N-dealkylation sites (tertiary alicyclic amines) is 1. The highest BCUT2D eigenvalue weighted by Crippen LogP contribution is 2.18. The molecular weight excluding hydrogens is 411 g/mol. The molecule has 1 heterocycles. The molecule has 1 unspecified atom stereocenters. The van der Waals surface area contributed by atoms with Crippen LogP contribution in [0.15, 0.2) is 4.99 Å². The molecule has 132 valence electrons. The fraction of sp³-hybridized carbons (Fsp3) is 0.786. The molecule has 0 aromatic heterocycles.